The van der Waals surface area contributed by atoms with E-state index in [1.807, 2.05) is 17.7 Å². The van der Waals surface area contributed by atoms with Gasteiger partial charge in [0.25, 0.3) is 0 Å². The lowest BCUT2D eigenvalue weighted by molar-refractivity contribution is 0.250. The third kappa shape index (κ3) is 3.33. The van der Waals surface area contributed by atoms with E-state index in [1.165, 1.54) is 11.3 Å². The maximum atomic E-state index is 11.6. The van der Waals surface area contributed by atoms with E-state index in [4.69, 9.17) is 4.42 Å². The van der Waals surface area contributed by atoms with Crippen molar-refractivity contribution in [1.82, 2.24) is 10.3 Å². The van der Waals surface area contributed by atoms with Crippen molar-refractivity contribution in [1.29, 1.82) is 0 Å². The fraction of sp³-hybridized carbons (Fsp3) is 0.273. The SMILES string of the molecule is CCc1cnc(CNC(=O)Nc2cscc2Br)o1. The second-order valence-corrected chi connectivity index (χ2v) is 5.11. The largest absolute Gasteiger partial charge is 0.444 e. The van der Waals surface area contributed by atoms with Crippen LogP contribution in [0.1, 0.15) is 18.6 Å². The van der Waals surface area contributed by atoms with Crippen LogP contribution in [-0.2, 0) is 13.0 Å². The van der Waals surface area contributed by atoms with E-state index >= 15 is 0 Å². The lowest BCUT2D eigenvalue weighted by atomic mass is 10.4. The number of hydrogen-bond donors (Lipinski definition) is 2. The van der Waals surface area contributed by atoms with Crippen molar-refractivity contribution in [2.24, 2.45) is 0 Å². The van der Waals surface area contributed by atoms with Gasteiger partial charge in [0.15, 0.2) is 0 Å². The van der Waals surface area contributed by atoms with Gasteiger partial charge in [-0.2, -0.15) is 0 Å². The number of hydrogen-bond acceptors (Lipinski definition) is 4. The van der Waals surface area contributed by atoms with E-state index in [2.05, 4.69) is 31.5 Å². The molecule has 2 aromatic rings. The van der Waals surface area contributed by atoms with Crippen molar-refractivity contribution in [3.05, 3.63) is 33.1 Å². The zero-order valence-corrected chi connectivity index (χ0v) is 12.1. The summed E-state index contributed by atoms with van der Waals surface area (Å²) < 4.78 is 6.25. The molecule has 2 heterocycles. The van der Waals surface area contributed by atoms with Gasteiger partial charge < -0.3 is 15.1 Å². The first-order valence-corrected chi connectivity index (χ1v) is 7.12. The van der Waals surface area contributed by atoms with Crippen LogP contribution in [0, 0.1) is 0 Å². The van der Waals surface area contributed by atoms with Crippen molar-refractivity contribution in [3.63, 3.8) is 0 Å². The van der Waals surface area contributed by atoms with Gasteiger partial charge in [-0.25, -0.2) is 9.78 Å². The number of aromatic nitrogens is 1. The molecule has 0 aliphatic rings. The van der Waals surface area contributed by atoms with E-state index in [1.54, 1.807) is 6.20 Å². The minimum absolute atomic E-state index is 0.271. The first-order valence-electron chi connectivity index (χ1n) is 5.39. The van der Waals surface area contributed by atoms with Crippen LogP contribution in [0.5, 0.6) is 0 Å². The molecular formula is C11H12BrN3O2S. The van der Waals surface area contributed by atoms with Crippen molar-refractivity contribution in [2.75, 3.05) is 5.32 Å². The van der Waals surface area contributed by atoms with Gasteiger partial charge in [0.05, 0.1) is 22.9 Å². The molecule has 96 valence electrons. The topological polar surface area (TPSA) is 67.2 Å². The normalized spacial score (nSPS) is 10.3. The lowest BCUT2D eigenvalue weighted by Gasteiger charge is -2.04. The number of halogens is 1. The molecule has 0 fully saturated rings. The Bertz CT molecular complexity index is 538. The van der Waals surface area contributed by atoms with Crippen LogP contribution in [0.2, 0.25) is 0 Å². The molecular weight excluding hydrogens is 318 g/mol. The summed E-state index contributed by atoms with van der Waals surface area (Å²) in [6, 6.07) is -0.287. The molecule has 0 unspecified atom stereocenters. The van der Waals surface area contributed by atoms with Gasteiger partial charge in [0.1, 0.15) is 5.76 Å². The number of carbonyl (C=O) groups excluding carboxylic acids is 1. The highest BCUT2D eigenvalue weighted by Gasteiger charge is 2.07. The minimum atomic E-state index is -0.287. The number of rotatable bonds is 4. The molecule has 5 nitrogen and oxygen atoms in total. The van der Waals surface area contributed by atoms with E-state index < -0.39 is 0 Å². The van der Waals surface area contributed by atoms with Crippen LogP contribution >= 0.6 is 27.3 Å². The highest BCUT2D eigenvalue weighted by molar-refractivity contribution is 9.10. The maximum absolute atomic E-state index is 11.6. The van der Waals surface area contributed by atoms with E-state index in [0.29, 0.717) is 5.89 Å². The number of thiophene rings is 1. The molecule has 0 saturated heterocycles. The average molecular weight is 330 g/mol. The van der Waals surface area contributed by atoms with E-state index in [9.17, 15) is 4.79 Å². The average Bonchev–Trinajstić information content (AvgIpc) is 2.97. The van der Waals surface area contributed by atoms with Gasteiger partial charge >= 0.3 is 6.03 Å². The second kappa shape index (κ2) is 6.01. The number of nitrogens with one attached hydrogen (secondary N) is 2. The summed E-state index contributed by atoms with van der Waals surface area (Å²) in [4.78, 5) is 15.7. The fourth-order valence-corrected chi connectivity index (χ4v) is 2.61. The summed E-state index contributed by atoms with van der Waals surface area (Å²) in [7, 11) is 0. The molecule has 2 aromatic heterocycles. The van der Waals surface area contributed by atoms with Gasteiger partial charge in [0, 0.05) is 17.2 Å². The van der Waals surface area contributed by atoms with Crippen LogP contribution in [-0.4, -0.2) is 11.0 Å². The zero-order valence-electron chi connectivity index (χ0n) is 9.70. The molecule has 7 heteroatoms. The zero-order chi connectivity index (χ0) is 13.0. The number of nitrogens with zero attached hydrogens (tertiary/aromatic N) is 1. The van der Waals surface area contributed by atoms with Crippen molar-refractivity contribution in [2.45, 2.75) is 19.9 Å². The Kier molecular flexibility index (Phi) is 4.38. The molecule has 0 saturated carbocycles. The molecule has 0 aliphatic heterocycles. The molecule has 0 aromatic carbocycles. The Labute approximate surface area is 117 Å². The summed E-state index contributed by atoms with van der Waals surface area (Å²) >= 11 is 4.85. The Morgan fingerprint density at radius 1 is 1.56 bits per heavy atom. The molecule has 0 bridgehead atoms. The first-order chi connectivity index (χ1) is 8.69. The number of oxazole rings is 1. The predicted molar refractivity (Wildman–Crippen MR) is 73.8 cm³/mol. The Morgan fingerprint density at radius 3 is 3.00 bits per heavy atom. The number of aryl methyl sites for hydroxylation is 1. The van der Waals surface area contributed by atoms with Crippen LogP contribution in [0.3, 0.4) is 0 Å². The van der Waals surface area contributed by atoms with Crippen molar-refractivity contribution in [3.8, 4) is 0 Å². The third-order valence-electron chi connectivity index (χ3n) is 2.21. The highest BCUT2D eigenvalue weighted by Crippen LogP contribution is 2.26. The quantitative estimate of drug-likeness (QED) is 0.903. The first kappa shape index (κ1) is 13.1. The standard InChI is InChI=1S/C11H12BrN3O2S/c1-2-7-3-13-10(17-7)4-14-11(16)15-9-6-18-5-8(9)12/h3,5-6H,2,4H2,1H3,(H2,14,15,16). The van der Waals surface area contributed by atoms with Crippen LogP contribution in [0.25, 0.3) is 0 Å². The Hall–Kier alpha value is -1.34. The number of carbonyl (C=O) groups is 1. The maximum Gasteiger partial charge on any atom is 0.319 e. The molecule has 0 atom stereocenters. The summed E-state index contributed by atoms with van der Waals surface area (Å²) in [6.45, 7) is 2.26. The van der Waals surface area contributed by atoms with Crippen molar-refractivity contribution < 1.29 is 9.21 Å². The summed E-state index contributed by atoms with van der Waals surface area (Å²) in [5.74, 6) is 1.32. The monoisotopic (exact) mass is 329 g/mol. The Morgan fingerprint density at radius 2 is 2.39 bits per heavy atom. The van der Waals surface area contributed by atoms with Gasteiger partial charge in [-0.1, -0.05) is 6.92 Å². The summed E-state index contributed by atoms with van der Waals surface area (Å²) in [5.41, 5.74) is 0.749. The highest BCUT2D eigenvalue weighted by atomic mass is 79.9. The van der Waals surface area contributed by atoms with Gasteiger partial charge in [-0.15, -0.1) is 11.3 Å². The molecule has 18 heavy (non-hydrogen) atoms. The number of urea groups is 1. The molecule has 0 aliphatic carbocycles. The predicted octanol–water partition coefficient (Wildman–Crippen LogP) is 3.38. The Balaban J connectivity index is 1.83. The van der Waals surface area contributed by atoms with E-state index in [-0.39, 0.29) is 12.6 Å². The molecule has 0 radical (unpaired) electrons. The minimum Gasteiger partial charge on any atom is -0.444 e. The molecule has 0 spiro atoms. The van der Waals surface area contributed by atoms with Gasteiger partial charge in [-0.05, 0) is 15.9 Å². The number of anilines is 1. The summed E-state index contributed by atoms with van der Waals surface area (Å²) in [6.07, 6.45) is 2.46. The lowest BCUT2D eigenvalue weighted by Crippen LogP contribution is -2.28. The molecule has 2 rings (SSSR count). The molecule has 2 N–H and O–H groups in total. The van der Waals surface area contributed by atoms with Crippen LogP contribution in [0.4, 0.5) is 10.5 Å². The summed E-state index contributed by atoms with van der Waals surface area (Å²) in [5, 5.41) is 9.16. The van der Waals surface area contributed by atoms with Crippen LogP contribution < -0.4 is 10.6 Å². The second-order valence-electron chi connectivity index (χ2n) is 3.51. The smallest absolute Gasteiger partial charge is 0.319 e. The van der Waals surface area contributed by atoms with Crippen molar-refractivity contribution >= 4 is 39.0 Å². The van der Waals surface area contributed by atoms with E-state index in [0.717, 1.165) is 22.3 Å². The number of amides is 2. The van der Waals surface area contributed by atoms with Gasteiger partial charge in [0.2, 0.25) is 5.89 Å². The van der Waals surface area contributed by atoms with Crippen LogP contribution in [0.15, 0.2) is 25.8 Å². The fourth-order valence-electron chi connectivity index (χ4n) is 1.29. The van der Waals surface area contributed by atoms with Gasteiger partial charge in [-0.3, -0.25) is 0 Å². The molecule has 2 amide bonds. The third-order valence-corrected chi connectivity index (χ3v) is 3.92.